The number of halogens is 2. The number of nitrogen functional groups attached to an aromatic ring is 1. The van der Waals surface area contributed by atoms with Crippen molar-refractivity contribution in [3.8, 4) is 11.3 Å². The lowest BCUT2D eigenvalue weighted by atomic mass is 10.1. The predicted octanol–water partition coefficient (Wildman–Crippen LogP) is 2.58. The van der Waals surface area contributed by atoms with Crippen molar-refractivity contribution in [3.63, 3.8) is 0 Å². The standard InChI is InChI=1S/C18H18ClFN6O/c1-9-7-24-18(22)26-16(9)11-4-14(23-8-11)17(27)25-15(6-21)10-2-12(19)5-13(20)3-10/h2-5,7-8,15,23H,6,21H2,1H3,(H,25,27)(H2,22,24,26). The Morgan fingerprint density at radius 1 is 1.37 bits per heavy atom. The zero-order chi connectivity index (χ0) is 19.6. The Morgan fingerprint density at radius 2 is 2.15 bits per heavy atom. The van der Waals surface area contributed by atoms with Crippen LogP contribution in [0, 0.1) is 12.7 Å². The van der Waals surface area contributed by atoms with E-state index in [0.717, 1.165) is 5.56 Å². The van der Waals surface area contributed by atoms with Crippen molar-refractivity contribution in [1.29, 1.82) is 0 Å². The van der Waals surface area contributed by atoms with Crippen molar-refractivity contribution in [2.24, 2.45) is 5.73 Å². The Labute approximate surface area is 160 Å². The number of H-pyrrole nitrogens is 1. The first kappa shape index (κ1) is 18.8. The highest BCUT2D eigenvalue weighted by Crippen LogP contribution is 2.23. The smallest absolute Gasteiger partial charge is 0.268 e. The number of aromatic amines is 1. The van der Waals surface area contributed by atoms with Crippen LogP contribution in [0.4, 0.5) is 10.3 Å². The Bertz CT molecular complexity index is 969. The van der Waals surface area contributed by atoms with Gasteiger partial charge in [0.15, 0.2) is 0 Å². The number of nitrogens with one attached hydrogen (secondary N) is 2. The molecule has 140 valence electrons. The number of amides is 1. The highest BCUT2D eigenvalue weighted by Gasteiger charge is 2.18. The highest BCUT2D eigenvalue weighted by atomic mass is 35.5. The SMILES string of the molecule is Cc1cnc(N)nc1-c1c[nH]c(C(=O)NC(CN)c2cc(F)cc(Cl)c2)c1. The van der Waals surface area contributed by atoms with Gasteiger partial charge in [0.2, 0.25) is 5.95 Å². The topological polar surface area (TPSA) is 123 Å². The number of benzene rings is 1. The summed E-state index contributed by atoms with van der Waals surface area (Å²) in [5, 5.41) is 3.00. The average molecular weight is 389 g/mol. The lowest BCUT2D eigenvalue weighted by molar-refractivity contribution is 0.0933. The van der Waals surface area contributed by atoms with Crippen molar-refractivity contribution >= 4 is 23.5 Å². The molecule has 3 aromatic rings. The van der Waals surface area contributed by atoms with Crippen LogP contribution in [0.1, 0.15) is 27.7 Å². The van der Waals surface area contributed by atoms with E-state index in [9.17, 15) is 9.18 Å². The first-order valence-electron chi connectivity index (χ1n) is 8.12. The molecule has 2 aromatic heterocycles. The molecule has 0 bridgehead atoms. The summed E-state index contributed by atoms with van der Waals surface area (Å²) in [5.74, 6) is -0.741. The highest BCUT2D eigenvalue weighted by molar-refractivity contribution is 6.30. The molecule has 0 spiro atoms. The molecule has 0 saturated carbocycles. The van der Waals surface area contributed by atoms with Crippen LogP contribution >= 0.6 is 11.6 Å². The van der Waals surface area contributed by atoms with Gasteiger partial charge in [-0.2, -0.15) is 0 Å². The Morgan fingerprint density at radius 3 is 2.85 bits per heavy atom. The molecule has 1 unspecified atom stereocenters. The number of hydrogen-bond acceptors (Lipinski definition) is 5. The number of rotatable bonds is 5. The molecule has 0 aliphatic carbocycles. The Kier molecular flexibility index (Phi) is 5.38. The summed E-state index contributed by atoms with van der Waals surface area (Å²) in [6.07, 6.45) is 3.27. The second-order valence-corrected chi connectivity index (χ2v) is 6.46. The van der Waals surface area contributed by atoms with Gasteiger partial charge in [-0.3, -0.25) is 4.79 Å². The van der Waals surface area contributed by atoms with Gasteiger partial charge in [0.25, 0.3) is 5.91 Å². The van der Waals surface area contributed by atoms with Gasteiger partial charge in [0, 0.05) is 29.5 Å². The number of nitrogens with two attached hydrogens (primary N) is 2. The molecule has 1 atom stereocenters. The lowest BCUT2D eigenvalue weighted by Gasteiger charge is -2.17. The van der Waals surface area contributed by atoms with Gasteiger partial charge in [-0.25, -0.2) is 14.4 Å². The molecule has 3 rings (SSSR count). The minimum Gasteiger partial charge on any atom is -0.368 e. The fraction of sp³-hybridized carbons (Fsp3) is 0.167. The maximum Gasteiger partial charge on any atom is 0.268 e. The molecular weight excluding hydrogens is 371 g/mol. The van der Waals surface area contributed by atoms with E-state index in [1.54, 1.807) is 24.5 Å². The van der Waals surface area contributed by atoms with E-state index in [2.05, 4.69) is 20.3 Å². The molecule has 0 fully saturated rings. The van der Waals surface area contributed by atoms with Crippen molar-refractivity contribution in [2.45, 2.75) is 13.0 Å². The summed E-state index contributed by atoms with van der Waals surface area (Å²) in [6, 6.07) is 5.10. The first-order chi connectivity index (χ1) is 12.9. The van der Waals surface area contributed by atoms with Crippen LogP contribution in [0.5, 0.6) is 0 Å². The fourth-order valence-corrected chi connectivity index (χ4v) is 2.93. The molecular formula is C18H18ClFN6O. The van der Waals surface area contributed by atoms with Crippen LogP contribution in [0.2, 0.25) is 5.02 Å². The second kappa shape index (κ2) is 7.73. The van der Waals surface area contributed by atoms with E-state index in [0.29, 0.717) is 22.5 Å². The van der Waals surface area contributed by atoms with E-state index in [1.165, 1.54) is 12.1 Å². The summed E-state index contributed by atoms with van der Waals surface area (Å²) < 4.78 is 13.6. The minimum atomic E-state index is -0.589. The van der Waals surface area contributed by atoms with Gasteiger partial charge < -0.3 is 21.8 Å². The van der Waals surface area contributed by atoms with E-state index in [1.807, 2.05) is 6.92 Å². The van der Waals surface area contributed by atoms with Gasteiger partial charge in [-0.15, -0.1) is 0 Å². The summed E-state index contributed by atoms with van der Waals surface area (Å²) in [5.41, 5.74) is 14.3. The van der Waals surface area contributed by atoms with Crippen molar-refractivity contribution in [1.82, 2.24) is 20.3 Å². The molecule has 0 radical (unpaired) electrons. The number of aromatic nitrogens is 3. The summed E-state index contributed by atoms with van der Waals surface area (Å²) in [7, 11) is 0. The zero-order valence-electron chi connectivity index (χ0n) is 14.5. The van der Waals surface area contributed by atoms with E-state index in [4.69, 9.17) is 23.1 Å². The van der Waals surface area contributed by atoms with Gasteiger partial charge in [0.1, 0.15) is 11.5 Å². The normalized spacial score (nSPS) is 12.0. The summed E-state index contributed by atoms with van der Waals surface area (Å²) in [6.45, 7) is 1.93. The van der Waals surface area contributed by atoms with Crippen LogP contribution in [-0.2, 0) is 0 Å². The quantitative estimate of drug-likeness (QED) is 0.535. The first-order valence-corrected chi connectivity index (χ1v) is 8.50. The maximum atomic E-state index is 13.6. The molecule has 0 saturated heterocycles. The molecule has 0 aliphatic heterocycles. The predicted molar refractivity (Wildman–Crippen MR) is 102 cm³/mol. The van der Waals surface area contributed by atoms with Gasteiger partial charge in [0.05, 0.1) is 11.7 Å². The molecule has 7 nitrogen and oxygen atoms in total. The minimum absolute atomic E-state index is 0.0840. The lowest BCUT2D eigenvalue weighted by Crippen LogP contribution is -2.33. The van der Waals surface area contributed by atoms with Crippen molar-refractivity contribution < 1.29 is 9.18 Å². The maximum absolute atomic E-state index is 13.6. The third kappa shape index (κ3) is 4.24. The van der Waals surface area contributed by atoms with Gasteiger partial charge in [-0.05, 0) is 42.3 Å². The van der Waals surface area contributed by atoms with Crippen LogP contribution in [0.25, 0.3) is 11.3 Å². The van der Waals surface area contributed by atoms with Crippen LogP contribution in [0.15, 0.2) is 36.7 Å². The number of carbonyl (C=O) groups is 1. The average Bonchev–Trinajstić information content (AvgIpc) is 3.10. The van der Waals surface area contributed by atoms with E-state index >= 15 is 0 Å². The zero-order valence-corrected chi connectivity index (χ0v) is 15.2. The number of hydrogen-bond donors (Lipinski definition) is 4. The van der Waals surface area contributed by atoms with E-state index in [-0.39, 0.29) is 17.5 Å². The number of anilines is 1. The number of carbonyl (C=O) groups excluding carboxylic acids is 1. The van der Waals surface area contributed by atoms with E-state index < -0.39 is 17.8 Å². The molecule has 27 heavy (non-hydrogen) atoms. The van der Waals surface area contributed by atoms with Crippen LogP contribution in [0.3, 0.4) is 0 Å². The third-order valence-electron chi connectivity index (χ3n) is 4.02. The second-order valence-electron chi connectivity index (χ2n) is 6.03. The van der Waals surface area contributed by atoms with Crippen LogP contribution in [-0.4, -0.2) is 27.4 Å². The van der Waals surface area contributed by atoms with Crippen LogP contribution < -0.4 is 16.8 Å². The molecule has 6 N–H and O–H groups in total. The van der Waals surface area contributed by atoms with Crippen molar-refractivity contribution in [3.05, 3.63) is 64.3 Å². The number of aryl methyl sites for hydroxylation is 1. The Hall–Kier alpha value is -2.97. The molecule has 0 aliphatic rings. The number of nitrogens with zero attached hydrogens (tertiary/aromatic N) is 2. The Balaban J connectivity index is 1.82. The monoisotopic (exact) mass is 388 g/mol. The van der Waals surface area contributed by atoms with Gasteiger partial charge in [-0.1, -0.05) is 11.6 Å². The summed E-state index contributed by atoms with van der Waals surface area (Å²) >= 11 is 5.88. The van der Waals surface area contributed by atoms with Crippen molar-refractivity contribution in [2.75, 3.05) is 12.3 Å². The fourth-order valence-electron chi connectivity index (χ4n) is 2.70. The summed E-state index contributed by atoms with van der Waals surface area (Å²) in [4.78, 5) is 23.6. The molecule has 1 aromatic carbocycles. The molecule has 9 heteroatoms. The molecule has 2 heterocycles. The largest absolute Gasteiger partial charge is 0.368 e. The molecule has 1 amide bonds. The third-order valence-corrected chi connectivity index (χ3v) is 4.24. The van der Waals surface area contributed by atoms with Gasteiger partial charge >= 0.3 is 0 Å².